The number of nitrogens with one attached hydrogen (secondary N) is 1. The second kappa shape index (κ2) is 8.44. The number of morpholine rings is 1. The van der Waals surface area contributed by atoms with Crippen molar-refractivity contribution in [3.8, 4) is 0 Å². The highest BCUT2D eigenvalue weighted by Crippen LogP contribution is 2.26. The summed E-state index contributed by atoms with van der Waals surface area (Å²) < 4.78 is 5.45. The first-order chi connectivity index (χ1) is 13.3. The molecule has 4 rings (SSSR count). The van der Waals surface area contributed by atoms with Crippen LogP contribution in [0.2, 0.25) is 0 Å². The van der Waals surface area contributed by atoms with Gasteiger partial charge in [0, 0.05) is 39.1 Å². The number of nitrogens with zero attached hydrogens (tertiary/aromatic N) is 2. The molecule has 0 radical (unpaired) electrons. The Balaban J connectivity index is 1.32. The lowest BCUT2D eigenvalue weighted by atomic mass is 10.00. The predicted molar refractivity (Wildman–Crippen MR) is 108 cm³/mol. The molecule has 2 aromatic rings. The summed E-state index contributed by atoms with van der Waals surface area (Å²) in [6.45, 7) is 5.56. The van der Waals surface area contributed by atoms with Crippen LogP contribution in [0.1, 0.15) is 17.5 Å². The highest BCUT2D eigenvalue weighted by atomic mass is 16.5. The third-order valence-electron chi connectivity index (χ3n) is 5.39. The number of para-hydroxylation sites is 2. The number of amides is 1. The van der Waals surface area contributed by atoms with Crippen molar-refractivity contribution in [3.63, 3.8) is 0 Å². The molecule has 0 spiro atoms. The molecule has 0 aromatic heterocycles. The van der Waals surface area contributed by atoms with E-state index < -0.39 is 0 Å². The van der Waals surface area contributed by atoms with Gasteiger partial charge in [-0.15, -0.1) is 0 Å². The van der Waals surface area contributed by atoms with E-state index in [1.54, 1.807) is 0 Å². The zero-order chi connectivity index (χ0) is 18.5. The van der Waals surface area contributed by atoms with Gasteiger partial charge in [0.25, 0.3) is 0 Å². The Morgan fingerprint density at radius 3 is 2.56 bits per heavy atom. The summed E-state index contributed by atoms with van der Waals surface area (Å²) in [5.41, 5.74) is 4.94. The first-order valence-electron chi connectivity index (χ1n) is 9.81. The molecule has 1 N–H and O–H groups in total. The lowest BCUT2D eigenvalue weighted by Gasteiger charge is -2.31. The van der Waals surface area contributed by atoms with Crippen molar-refractivity contribution >= 4 is 17.3 Å². The molecule has 0 saturated carbocycles. The van der Waals surface area contributed by atoms with Gasteiger partial charge in [-0.3, -0.25) is 4.79 Å². The van der Waals surface area contributed by atoms with E-state index in [2.05, 4.69) is 52.7 Å². The zero-order valence-corrected chi connectivity index (χ0v) is 15.7. The highest BCUT2D eigenvalue weighted by molar-refractivity contribution is 5.78. The molecule has 2 aliphatic heterocycles. The molecule has 2 aromatic carbocycles. The summed E-state index contributed by atoms with van der Waals surface area (Å²) in [5, 5.41) is 3.47. The SMILES string of the molecule is O=C(CCNc1ccccc1N1CCOCC1)N1CCc2ccccc2C1. The maximum absolute atomic E-state index is 12.6. The molecule has 1 saturated heterocycles. The molecule has 142 valence electrons. The number of carbonyl (C=O) groups is 1. The Bertz CT molecular complexity index is 787. The van der Waals surface area contributed by atoms with Gasteiger partial charge < -0.3 is 19.9 Å². The highest BCUT2D eigenvalue weighted by Gasteiger charge is 2.20. The van der Waals surface area contributed by atoms with Crippen LogP contribution < -0.4 is 10.2 Å². The van der Waals surface area contributed by atoms with Crippen LogP contribution in [-0.2, 0) is 22.5 Å². The fraction of sp³-hybridized carbons (Fsp3) is 0.409. The quantitative estimate of drug-likeness (QED) is 0.885. The minimum Gasteiger partial charge on any atom is -0.383 e. The summed E-state index contributed by atoms with van der Waals surface area (Å²) in [6.07, 6.45) is 1.47. The number of anilines is 2. The minimum absolute atomic E-state index is 0.223. The molecule has 5 heteroatoms. The van der Waals surface area contributed by atoms with E-state index in [0.717, 1.165) is 51.5 Å². The zero-order valence-electron chi connectivity index (χ0n) is 15.7. The van der Waals surface area contributed by atoms with E-state index in [1.165, 1.54) is 16.8 Å². The van der Waals surface area contributed by atoms with Crippen LogP contribution in [0.3, 0.4) is 0 Å². The van der Waals surface area contributed by atoms with Crippen molar-refractivity contribution in [2.45, 2.75) is 19.4 Å². The van der Waals surface area contributed by atoms with E-state index in [-0.39, 0.29) is 5.91 Å². The number of rotatable bonds is 5. The number of hydrogen-bond donors (Lipinski definition) is 1. The molecule has 0 atom stereocenters. The molecule has 5 nitrogen and oxygen atoms in total. The maximum atomic E-state index is 12.6. The number of fused-ring (bicyclic) bond motifs is 1. The minimum atomic E-state index is 0.223. The lowest BCUT2D eigenvalue weighted by Crippen LogP contribution is -2.37. The average molecular weight is 365 g/mol. The Morgan fingerprint density at radius 1 is 0.963 bits per heavy atom. The summed E-state index contributed by atoms with van der Waals surface area (Å²) in [4.78, 5) is 17.0. The van der Waals surface area contributed by atoms with Gasteiger partial charge in [0.2, 0.25) is 5.91 Å². The van der Waals surface area contributed by atoms with Crippen LogP contribution in [0, 0.1) is 0 Å². The van der Waals surface area contributed by atoms with E-state index in [4.69, 9.17) is 4.74 Å². The molecule has 0 bridgehead atoms. The topological polar surface area (TPSA) is 44.8 Å². The molecular weight excluding hydrogens is 338 g/mol. The van der Waals surface area contributed by atoms with Gasteiger partial charge in [-0.1, -0.05) is 36.4 Å². The number of carbonyl (C=O) groups excluding carboxylic acids is 1. The molecule has 1 fully saturated rings. The first-order valence-corrected chi connectivity index (χ1v) is 9.81. The van der Waals surface area contributed by atoms with Gasteiger partial charge in [0.05, 0.1) is 24.6 Å². The van der Waals surface area contributed by atoms with Gasteiger partial charge in [-0.05, 0) is 29.7 Å². The summed E-state index contributed by atoms with van der Waals surface area (Å²) in [6, 6.07) is 16.8. The summed E-state index contributed by atoms with van der Waals surface area (Å²) in [5.74, 6) is 0.223. The molecule has 0 unspecified atom stereocenters. The van der Waals surface area contributed by atoms with Crippen LogP contribution in [0.4, 0.5) is 11.4 Å². The largest absolute Gasteiger partial charge is 0.383 e. The number of benzene rings is 2. The monoisotopic (exact) mass is 365 g/mol. The van der Waals surface area contributed by atoms with Crippen molar-refractivity contribution in [1.29, 1.82) is 0 Å². The average Bonchev–Trinajstić information content (AvgIpc) is 2.74. The van der Waals surface area contributed by atoms with Crippen LogP contribution in [0.5, 0.6) is 0 Å². The van der Waals surface area contributed by atoms with Crippen molar-refractivity contribution in [3.05, 3.63) is 59.7 Å². The van der Waals surface area contributed by atoms with Gasteiger partial charge in [0.15, 0.2) is 0 Å². The molecule has 0 aliphatic carbocycles. The van der Waals surface area contributed by atoms with Gasteiger partial charge in [-0.25, -0.2) is 0 Å². The fourth-order valence-electron chi connectivity index (χ4n) is 3.87. The first kappa shape index (κ1) is 17.9. The van der Waals surface area contributed by atoms with Crippen molar-refractivity contribution in [2.24, 2.45) is 0 Å². The van der Waals surface area contributed by atoms with E-state index >= 15 is 0 Å². The third-order valence-corrected chi connectivity index (χ3v) is 5.39. The molecule has 27 heavy (non-hydrogen) atoms. The van der Waals surface area contributed by atoms with Crippen molar-refractivity contribution in [1.82, 2.24) is 4.90 Å². The molecule has 2 aliphatic rings. The van der Waals surface area contributed by atoms with Gasteiger partial charge in [-0.2, -0.15) is 0 Å². The van der Waals surface area contributed by atoms with Crippen LogP contribution >= 0.6 is 0 Å². The Kier molecular flexibility index (Phi) is 5.58. The molecular formula is C22H27N3O2. The second-order valence-electron chi connectivity index (χ2n) is 7.13. The standard InChI is InChI=1S/C22H27N3O2/c26-22(25-12-10-18-5-1-2-6-19(18)17-25)9-11-23-20-7-3-4-8-21(20)24-13-15-27-16-14-24/h1-8,23H,9-17H2. The second-order valence-corrected chi connectivity index (χ2v) is 7.13. The van der Waals surface area contributed by atoms with Gasteiger partial charge in [0.1, 0.15) is 0 Å². The third kappa shape index (κ3) is 4.25. The van der Waals surface area contributed by atoms with E-state index in [9.17, 15) is 4.79 Å². The summed E-state index contributed by atoms with van der Waals surface area (Å²) >= 11 is 0. The van der Waals surface area contributed by atoms with E-state index in [1.807, 2.05) is 11.0 Å². The van der Waals surface area contributed by atoms with E-state index in [0.29, 0.717) is 13.0 Å². The smallest absolute Gasteiger partial charge is 0.224 e. The van der Waals surface area contributed by atoms with Crippen LogP contribution in [0.15, 0.2) is 48.5 Å². The van der Waals surface area contributed by atoms with Crippen LogP contribution in [0.25, 0.3) is 0 Å². The maximum Gasteiger partial charge on any atom is 0.224 e. The Morgan fingerprint density at radius 2 is 1.70 bits per heavy atom. The van der Waals surface area contributed by atoms with Crippen molar-refractivity contribution in [2.75, 3.05) is 49.6 Å². The predicted octanol–water partition coefficient (Wildman–Crippen LogP) is 2.91. The fourth-order valence-corrected chi connectivity index (χ4v) is 3.87. The Labute approximate surface area is 160 Å². The van der Waals surface area contributed by atoms with Crippen LogP contribution in [-0.4, -0.2) is 50.2 Å². The number of hydrogen-bond acceptors (Lipinski definition) is 4. The lowest BCUT2D eigenvalue weighted by molar-refractivity contribution is -0.131. The normalized spacial score (nSPS) is 16.7. The molecule has 1 amide bonds. The Hall–Kier alpha value is -2.53. The number of ether oxygens (including phenoxy) is 1. The van der Waals surface area contributed by atoms with Gasteiger partial charge >= 0.3 is 0 Å². The summed E-state index contributed by atoms with van der Waals surface area (Å²) in [7, 11) is 0. The molecule has 2 heterocycles. The van der Waals surface area contributed by atoms with Crippen molar-refractivity contribution < 1.29 is 9.53 Å².